The minimum Gasteiger partial charge on any atom is -0.460 e. The van der Waals surface area contributed by atoms with Crippen LogP contribution < -0.4 is 10.3 Å². The molecule has 226 valence electrons. The van der Waals surface area contributed by atoms with E-state index in [1.807, 2.05) is 60.7 Å². The SMILES string of the molecule is CO[C@H]1C(=O)N2C(C(=O)C(C)(C)C)=C(C)C(Sc3nc(=O)c(OC(c4ccccc4)c4ccccc4)nn3C)S(=O)(=O)[C@@H]12. The van der Waals surface area contributed by atoms with Crippen molar-refractivity contribution < 1.29 is 27.5 Å². The summed E-state index contributed by atoms with van der Waals surface area (Å²) in [6.45, 7) is 6.59. The monoisotopic (exact) mass is 624 g/mol. The number of sulfone groups is 1. The number of methoxy groups -OCH3 is 1. The van der Waals surface area contributed by atoms with Gasteiger partial charge in [0.2, 0.25) is 0 Å². The summed E-state index contributed by atoms with van der Waals surface area (Å²) in [7, 11) is -1.36. The van der Waals surface area contributed by atoms with Gasteiger partial charge in [0.25, 0.3) is 5.91 Å². The molecular weight excluding hydrogens is 592 g/mol. The molecule has 0 radical (unpaired) electrons. The summed E-state index contributed by atoms with van der Waals surface area (Å²) >= 11 is 0.768. The number of thioether (sulfide) groups is 1. The quantitative estimate of drug-likeness (QED) is 0.343. The highest BCUT2D eigenvalue weighted by Gasteiger charge is 2.63. The molecule has 1 saturated heterocycles. The van der Waals surface area contributed by atoms with Crippen LogP contribution in [0.3, 0.4) is 0 Å². The molecule has 2 aliphatic rings. The third kappa shape index (κ3) is 5.41. The number of fused-ring (bicyclic) bond motifs is 1. The second-order valence-corrected chi connectivity index (χ2v) is 14.9. The van der Waals surface area contributed by atoms with Gasteiger partial charge in [0.15, 0.2) is 38.4 Å². The molecule has 1 aromatic heterocycles. The highest BCUT2D eigenvalue weighted by atomic mass is 32.3. The molecule has 2 aromatic carbocycles. The number of aromatic nitrogens is 3. The Kier molecular flexibility index (Phi) is 8.09. The van der Waals surface area contributed by atoms with Crippen molar-refractivity contribution in [2.75, 3.05) is 7.11 Å². The highest BCUT2D eigenvalue weighted by molar-refractivity contribution is 8.14. The van der Waals surface area contributed by atoms with Crippen LogP contribution in [0.2, 0.25) is 0 Å². The van der Waals surface area contributed by atoms with E-state index in [0.29, 0.717) is 0 Å². The first-order valence-electron chi connectivity index (χ1n) is 13.5. The number of ether oxygens (including phenoxy) is 2. The number of rotatable bonds is 8. The molecule has 0 bridgehead atoms. The maximum Gasteiger partial charge on any atom is 0.336 e. The van der Waals surface area contributed by atoms with Crippen LogP contribution in [0.25, 0.3) is 0 Å². The second-order valence-electron chi connectivity index (χ2n) is 11.4. The van der Waals surface area contributed by atoms with Gasteiger partial charge in [-0.1, -0.05) is 93.2 Å². The number of benzene rings is 2. The maximum absolute atomic E-state index is 13.8. The third-order valence-electron chi connectivity index (χ3n) is 7.29. The zero-order valence-corrected chi connectivity index (χ0v) is 26.2. The topological polar surface area (TPSA) is 138 Å². The van der Waals surface area contributed by atoms with Gasteiger partial charge >= 0.3 is 11.4 Å². The molecule has 0 spiro atoms. The Balaban J connectivity index is 1.53. The number of hydrogen-bond donors (Lipinski definition) is 0. The predicted molar refractivity (Wildman–Crippen MR) is 160 cm³/mol. The van der Waals surface area contributed by atoms with Crippen LogP contribution >= 0.6 is 11.8 Å². The third-order valence-corrected chi connectivity index (χ3v) is 11.6. The lowest BCUT2D eigenvalue weighted by atomic mass is 9.86. The number of hydrogen-bond acceptors (Lipinski definition) is 10. The molecule has 0 saturated carbocycles. The first kappa shape index (κ1) is 30.6. The maximum atomic E-state index is 13.8. The highest BCUT2D eigenvalue weighted by Crippen LogP contribution is 2.47. The second kappa shape index (κ2) is 11.4. The van der Waals surface area contributed by atoms with Crippen molar-refractivity contribution in [2.24, 2.45) is 12.5 Å². The van der Waals surface area contributed by atoms with E-state index in [9.17, 15) is 22.8 Å². The fourth-order valence-electron chi connectivity index (χ4n) is 5.08. The van der Waals surface area contributed by atoms with Gasteiger partial charge in [-0.15, -0.1) is 5.10 Å². The van der Waals surface area contributed by atoms with Gasteiger partial charge in [-0.3, -0.25) is 19.3 Å². The molecule has 3 heterocycles. The van der Waals surface area contributed by atoms with Gasteiger partial charge in [-0.25, -0.2) is 13.1 Å². The van der Waals surface area contributed by atoms with Crippen molar-refractivity contribution in [3.63, 3.8) is 0 Å². The van der Waals surface area contributed by atoms with Crippen LogP contribution in [-0.4, -0.2) is 62.9 Å². The number of amides is 1. The van der Waals surface area contributed by atoms with Gasteiger partial charge in [-0.2, -0.15) is 4.98 Å². The fraction of sp³-hybridized carbons (Fsp3) is 0.367. The summed E-state index contributed by atoms with van der Waals surface area (Å²) in [5.74, 6) is -1.23. The smallest absolute Gasteiger partial charge is 0.336 e. The average molecular weight is 625 g/mol. The Morgan fingerprint density at radius 2 is 1.56 bits per heavy atom. The summed E-state index contributed by atoms with van der Waals surface area (Å²) in [4.78, 5) is 44.7. The minimum absolute atomic E-state index is 0.00290. The lowest BCUT2D eigenvalue weighted by Gasteiger charge is -2.51. The number of carbonyl (C=O) groups is 2. The molecule has 1 amide bonds. The molecule has 13 heteroatoms. The lowest BCUT2D eigenvalue weighted by Crippen LogP contribution is -2.71. The molecule has 5 rings (SSSR count). The molecule has 11 nitrogen and oxygen atoms in total. The normalized spacial score (nSPS) is 21.4. The molecule has 43 heavy (non-hydrogen) atoms. The first-order valence-corrected chi connectivity index (χ1v) is 16.0. The Morgan fingerprint density at radius 1 is 1.00 bits per heavy atom. The fourth-order valence-corrected chi connectivity index (χ4v) is 8.96. The van der Waals surface area contributed by atoms with Crippen molar-refractivity contribution in [1.82, 2.24) is 19.7 Å². The van der Waals surface area contributed by atoms with E-state index >= 15 is 0 Å². The summed E-state index contributed by atoms with van der Waals surface area (Å²) in [6, 6.07) is 18.7. The summed E-state index contributed by atoms with van der Waals surface area (Å²) in [5.41, 5.74) is 0.118. The molecule has 0 N–H and O–H groups in total. The molecular formula is C30H32N4O7S2. The van der Waals surface area contributed by atoms with Crippen LogP contribution in [0, 0.1) is 5.41 Å². The van der Waals surface area contributed by atoms with Gasteiger partial charge < -0.3 is 9.47 Å². The van der Waals surface area contributed by atoms with Crippen molar-refractivity contribution in [3.05, 3.63) is 93.4 Å². The van der Waals surface area contributed by atoms with Gasteiger partial charge in [0.05, 0.1) is 5.70 Å². The van der Waals surface area contributed by atoms with E-state index in [2.05, 4.69) is 10.1 Å². The van der Waals surface area contributed by atoms with Gasteiger partial charge in [-0.05, 0) is 23.6 Å². The van der Waals surface area contributed by atoms with E-state index in [1.54, 1.807) is 20.8 Å². The zero-order valence-electron chi connectivity index (χ0n) is 24.5. The molecule has 3 atom stereocenters. The van der Waals surface area contributed by atoms with E-state index in [4.69, 9.17) is 9.47 Å². The van der Waals surface area contributed by atoms with Crippen LogP contribution in [0.1, 0.15) is 44.9 Å². The standard InChI is InChI=1S/C30H32N4O7S2/c1-17-20(23(35)30(2,3)4)34-26(37)22(40-6)27(34)43(38,39)28(17)42-29-31-24(36)25(32-33(29)5)41-21(18-13-9-7-10-14-18)19-15-11-8-12-16-19/h7-16,21-22,27-28H,1-6H3/t22-,27-,28?/m0/s1. The summed E-state index contributed by atoms with van der Waals surface area (Å²) in [5, 5.41) is 2.94. The van der Waals surface area contributed by atoms with Crippen LogP contribution in [-0.2, 0) is 31.2 Å². The Morgan fingerprint density at radius 3 is 2.07 bits per heavy atom. The van der Waals surface area contributed by atoms with Gasteiger partial charge in [0.1, 0.15) is 4.58 Å². The van der Waals surface area contributed by atoms with Crippen LogP contribution in [0.15, 0.2) is 81.9 Å². The molecule has 2 aliphatic heterocycles. The molecule has 1 unspecified atom stereocenters. The summed E-state index contributed by atoms with van der Waals surface area (Å²) in [6.07, 6.45) is -1.89. The van der Waals surface area contributed by atoms with Crippen molar-refractivity contribution in [3.8, 4) is 5.88 Å². The number of β-lactam (4-membered cyclic amide) rings is 1. The lowest BCUT2D eigenvalue weighted by molar-refractivity contribution is -0.161. The first-order chi connectivity index (χ1) is 20.3. The van der Waals surface area contributed by atoms with Crippen molar-refractivity contribution >= 4 is 33.3 Å². The number of allylic oxidation sites excluding steroid dienone is 1. The Hall–Kier alpha value is -3.81. The number of nitrogens with zero attached hydrogens (tertiary/aromatic N) is 4. The number of Topliss-reactive ketones (excluding diaryl/α,β-unsaturated/α-hetero) is 1. The van der Waals surface area contributed by atoms with Crippen LogP contribution in [0.5, 0.6) is 5.88 Å². The zero-order chi connectivity index (χ0) is 31.3. The number of carbonyl (C=O) groups excluding carboxylic acids is 2. The van der Waals surface area contributed by atoms with Crippen LogP contribution in [0.4, 0.5) is 0 Å². The Labute approximate surface area is 253 Å². The van der Waals surface area contributed by atoms with E-state index in [-0.39, 0.29) is 28.1 Å². The molecule has 0 aliphatic carbocycles. The number of aryl methyl sites for hydroxylation is 1. The average Bonchev–Trinajstić information content (AvgIpc) is 2.96. The molecule has 1 fully saturated rings. The van der Waals surface area contributed by atoms with Crippen molar-refractivity contribution in [2.45, 2.75) is 55.0 Å². The molecule has 3 aromatic rings. The minimum atomic E-state index is -4.13. The number of ketones is 1. The van der Waals surface area contributed by atoms with E-state index < -0.39 is 48.9 Å². The summed E-state index contributed by atoms with van der Waals surface area (Å²) < 4.78 is 39.0. The van der Waals surface area contributed by atoms with Gasteiger partial charge in [0, 0.05) is 19.6 Å². The van der Waals surface area contributed by atoms with Crippen molar-refractivity contribution in [1.29, 1.82) is 0 Å². The largest absolute Gasteiger partial charge is 0.460 e. The Bertz CT molecular complexity index is 1730. The predicted octanol–water partition coefficient (Wildman–Crippen LogP) is 3.26. The van der Waals surface area contributed by atoms with E-state index in [1.165, 1.54) is 25.8 Å². The van der Waals surface area contributed by atoms with E-state index in [0.717, 1.165) is 27.8 Å².